The Bertz CT molecular complexity index is 471. The van der Waals surface area contributed by atoms with Gasteiger partial charge in [0.1, 0.15) is 5.75 Å². The number of phenols is 1. The van der Waals surface area contributed by atoms with Crippen molar-refractivity contribution < 1.29 is 5.11 Å². The maximum atomic E-state index is 9.72. The Hall–Kier alpha value is -0.810. The number of aromatic hydroxyl groups is 1. The van der Waals surface area contributed by atoms with E-state index in [4.69, 9.17) is 11.6 Å². The molecule has 1 atom stereocenters. The van der Waals surface area contributed by atoms with E-state index in [0.29, 0.717) is 11.1 Å². The summed E-state index contributed by atoms with van der Waals surface area (Å²) in [4.78, 5) is 5.09. The van der Waals surface area contributed by atoms with Crippen LogP contribution in [-0.4, -0.2) is 60.7 Å². The fourth-order valence-corrected chi connectivity index (χ4v) is 3.52. The second-order valence-electron chi connectivity index (χ2n) is 6.31. The van der Waals surface area contributed by atoms with E-state index < -0.39 is 0 Å². The first-order chi connectivity index (χ1) is 11.2. The Morgan fingerprint density at radius 2 is 1.87 bits per heavy atom. The molecule has 2 rings (SSSR count). The highest BCUT2D eigenvalue weighted by Gasteiger charge is 2.24. The van der Waals surface area contributed by atoms with E-state index in [-0.39, 0.29) is 5.75 Å². The molecule has 1 aliphatic heterocycles. The van der Waals surface area contributed by atoms with Gasteiger partial charge >= 0.3 is 0 Å². The molecule has 2 N–H and O–H groups in total. The lowest BCUT2D eigenvalue weighted by Crippen LogP contribution is -2.48. The molecule has 4 nitrogen and oxygen atoms in total. The van der Waals surface area contributed by atoms with Gasteiger partial charge in [-0.2, -0.15) is 0 Å². The molecular formula is C18H30ClN3O. The van der Waals surface area contributed by atoms with E-state index in [1.54, 1.807) is 6.07 Å². The zero-order valence-corrected chi connectivity index (χ0v) is 15.1. The second-order valence-corrected chi connectivity index (χ2v) is 6.72. The smallest absolute Gasteiger partial charge is 0.134 e. The average molecular weight is 340 g/mol. The van der Waals surface area contributed by atoms with E-state index in [9.17, 15) is 5.11 Å². The number of rotatable bonds is 8. The number of piperazine rings is 1. The largest absolute Gasteiger partial charge is 0.506 e. The summed E-state index contributed by atoms with van der Waals surface area (Å²) in [6.07, 6.45) is 2.34. The van der Waals surface area contributed by atoms with Crippen LogP contribution in [0.15, 0.2) is 18.2 Å². The summed E-state index contributed by atoms with van der Waals surface area (Å²) < 4.78 is 0. The summed E-state index contributed by atoms with van der Waals surface area (Å²) in [5, 5.41) is 13.6. The first-order valence-corrected chi connectivity index (χ1v) is 9.19. The summed E-state index contributed by atoms with van der Waals surface area (Å²) in [5.74, 6) is 0.161. The lowest BCUT2D eigenvalue weighted by atomic mass is 10.0. The van der Waals surface area contributed by atoms with Crippen LogP contribution in [0.1, 0.15) is 38.3 Å². The van der Waals surface area contributed by atoms with Crippen molar-refractivity contribution in [3.8, 4) is 5.75 Å². The average Bonchev–Trinajstić information content (AvgIpc) is 2.56. The van der Waals surface area contributed by atoms with Crippen molar-refractivity contribution in [2.45, 2.75) is 32.7 Å². The van der Waals surface area contributed by atoms with Gasteiger partial charge in [-0.25, -0.2) is 0 Å². The van der Waals surface area contributed by atoms with Gasteiger partial charge < -0.3 is 15.3 Å². The summed E-state index contributed by atoms with van der Waals surface area (Å²) >= 11 is 6.16. The number of phenolic OH excluding ortho intramolecular Hbond substituents is 1. The fraction of sp³-hybridized carbons (Fsp3) is 0.667. The molecule has 1 aromatic rings. The molecule has 1 aromatic carbocycles. The standard InChI is InChI=1S/C18H30ClN3O/c1-3-9-21(10-4-2)14-17(22-11-7-20-8-12-22)15-5-6-18(23)16(19)13-15/h5-6,13,17,20,23H,3-4,7-12,14H2,1-2H3. The van der Waals surface area contributed by atoms with Crippen molar-refractivity contribution in [1.29, 1.82) is 0 Å². The first-order valence-electron chi connectivity index (χ1n) is 8.81. The molecule has 0 bridgehead atoms. The summed E-state index contributed by atoms with van der Waals surface area (Å²) in [7, 11) is 0. The maximum Gasteiger partial charge on any atom is 0.134 e. The number of halogens is 1. The zero-order chi connectivity index (χ0) is 16.7. The summed E-state index contributed by atoms with van der Waals surface area (Å²) in [6, 6.07) is 5.99. The summed E-state index contributed by atoms with van der Waals surface area (Å²) in [6.45, 7) is 11.9. The Morgan fingerprint density at radius 3 is 2.43 bits per heavy atom. The van der Waals surface area contributed by atoms with Gasteiger partial charge in [-0.3, -0.25) is 4.90 Å². The number of hydrogen-bond acceptors (Lipinski definition) is 4. The molecule has 0 radical (unpaired) electrons. The van der Waals surface area contributed by atoms with Gasteiger partial charge in [0.2, 0.25) is 0 Å². The highest BCUT2D eigenvalue weighted by Crippen LogP contribution is 2.30. The molecular weight excluding hydrogens is 310 g/mol. The van der Waals surface area contributed by atoms with Crippen molar-refractivity contribution in [2.24, 2.45) is 0 Å². The van der Waals surface area contributed by atoms with Gasteiger partial charge in [0.05, 0.1) is 5.02 Å². The van der Waals surface area contributed by atoms with Gasteiger partial charge in [-0.05, 0) is 43.6 Å². The molecule has 1 aliphatic rings. The van der Waals surface area contributed by atoms with Crippen LogP contribution < -0.4 is 5.32 Å². The summed E-state index contributed by atoms with van der Waals surface area (Å²) in [5.41, 5.74) is 1.20. The molecule has 1 saturated heterocycles. The van der Waals surface area contributed by atoms with Gasteiger partial charge in [-0.1, -0.05) is 31.5 Å². The zero-order valence-electron chi connectivity index (χ0n) is 14.4. The first kappa shape index (κ1) is 18.5. The molecule has 1 unspecified atom stereocenters. The van der Waals surface area contributed by atoms with Crippen molar-refractivity contribution in [3.63, 3.8) is 0 Å². The Balaban J connectivity index is 2.20. The minimum atomic E-state index is 0.161. The highest BCUT2D eigenvalue weighted by atomic mass is 35.5. The third kappa shape index (κ3) is 5.35. The minimum absolute atomic E-state index is 0.161. The Kier molecular flexibility index (Phi) is 7.63. The van der Waals surface area contributed by atoms with Crippen LogP contribution in [0.2, 0.25) is 5.02 Å². The van der Waals surface area contributed by atoms with E-state index in [1.165, 1.54) is 18.4 Å². The number of nitrogens with one attached hydrogen (secondary N) is 1. The van der Waals surface area contributed by atoms with Crippen molar-refractivity contribution >= 4 is 11.6 Å². The molecule has 23 heavy (non-hydrogen) atoms. The second kappa shape index (κ2) is 9.48. The minimum Gasteiger partial charge on any atom is -0.506 e. The lowest BCUT2D eigenvalue weighted by Gasteiger charge is -2.38. The van der Waals surface area contributed by atoms with Crippen LogP contribution >= 0.6 is 11.6 Å². The third-order valence-corrected chi connectivity index (χ3v) is 4.76. The maximum absolute atomic E-state index is 9.72. The fourth-order valence-electron chi connectivity index (χ4n) is 3.33. The van der Waals surface area contributed by atoms with Crippen LogP contribution in [0, 0.1) is 0 Å². The molecule has 0 aliphatic carbocycles. The molecule has 0 saturated carbocycles. The van der Waals surface area contributed by atoms with Gasteiger partial charge in [0.25, 0.3) is 0 Å². The van der Waals surface area contributed by atoms with Crippen LogP contribution in [0.25, 0.3) is 0 Å². The normalized spacial score (nSPS) is 17.6. The van der Waals surface area contributed by atoms with Crippen molar-refractivity contribution in [3.05, 3.63) is 28.8 Å². The van der Waals surface area contributed by atoms with Crippen LogP contribution in [0.5, 0.6) is 5.75 Å². The number of hydrogen-bond donors (Lipinski definition) is 2. The van der Waals surface area contributed by atoms with Crippen LogP contribution in [-0.2, 0) is 0 Å². The lowest BCUT2D eigenvalue weighted by molar-refractivity contribution is 0.124. The van der Waals surface area contributed by atoms with Gasteiger partial charge in [-0.15, -0.1) is 0 Å². The number of nitrogens with zero attached hydrogens (tertiary/aromatic N) is 2. The number of benzene rings is 1. The van der Waals surface area contributed by atoms with E-state index in [0.717, 1.165) is 45.8 Å². The quantitative estimate of drug-likeness (QED) is 0.763. The van der Waals surface area contributed by atoms with Crippen LogP contribution in [0.4, 0.5) is 0 Å². The Morgan fingerprint density at radius 1 is 1.22 bits per heavy atom. The molecule has 1 fully saturated rings. The Labute approximate surface area is 145 Å². The van der Waals surface area contributed by atoms with E-state index in [2.05, 4.69) is 29.0 Å². The monoisotopic (exact) mass is 339 g/mol. The molecule has 0 spiro atoms. The third-order valence-electron chi connectivity index (χ3n) is 4.46. The molecule has 1 heterocycles. The van der Waals surface area contributed by atoms with E-state index >= 15 is 0 Å². The topological polar surface area (TPSA) is 38.7 Å². The van der Waals surface area contributed by atoms with Crippen LogP contribution in [0.3, 0.4) is 0 Å². The van der Waals surface area contributed by atoms with Gasteiger partial charge in [0, 0.05) is 38.8 Å². The predicted octanol–water partition coefficient (Wildman–Crippen LogP) is 3.11. The predicted molar refractivity (Wildman–Crippen MR) is 97.3 cm³/mol. The van der Waals surface area contributed by atoms with E-state index in [1.807, 2.05) is 12.1 Å². The molecule has 5 heteroatoms. The SMILES string of the molecule is CCCN(CCC)CC(c1ccc(O)c(Cl)c1)N1CCNCC1. The van der Waals surface area contributed by atoms with Crippen molar-refractivity contribution in [2.75, 3.05) is 45.8 Å². The van der Waals surface area contributed by atoms with Gasteiger partial charge in [0.15, 0.2) is 0 Å². The molecule has 130 valence electrons. The molecule has 0 amide bonds. The van der Waals surface area contributed by atoms with Crippen molar-refractivity contribution in [1.82, 2.24) is 15.1 Å². The molecule has 0 aromatic heterocycles. The highest BCUT2D eigenvalue weighted by molar-refractivity contribution is 6.32.